The highest BCUT2D eigenvalue weighted by atomic mass is 32.2. The summed E-state index contributed by atoms with van der Waals surface area (Å²) in [6, 6.07) is 6.74. The van der Waals surface area contributed by atoms with Gasteiger partial charge in [-0.05, 0) is 24.3 Å². The molecule has 6 nitrogen and oxygen atoms in total. The predicted molar refractivity (Wildman–Crippen MR) is 70.0 cm³/mol. The van der Waals surface area contributed by atoms with E-state index in [0.29, 0.717) is 4.31 Å². The molecule has 0 fully saturated rings. The van der Waals surface area contributed by atoms with Gasteiger partial charge in [0.15, 0.2) is 0 Å². The number of nitrogens with zero attached hydrogens (tertiary/aromatic N) is 2. The minimum Gasteiger partial charge on any atom is -0.346 e. The Morgan fingerprint density at radius 2 is 1.86 bits per heavy atom. The fourth-order valence-corrected chi connectivity index (χ4v) is 2.55. The normalized spacial score (nSPS) is 12.0. The summed E-state index contributed by atoms with van der Waals surface area (Å²) in [5.74, 6) is -1.07. The van der Waals surface area contributed by atoms with Crippen molar-refractivity contribution in [3.05, 3.63) is 29.8 Å². The highest BCUT2D eigenvalue weighted by molar-refractivity contribution is 7.89. The summed E-state index contributed by atoms with van der Waals surface area (Å²) in [5, 5.41) is 10.2. The van der Waals surface area contributed by atoms with Gasteiger partial charge in [-0.3, -0.25) is 4.79 Å². The van der Waals surface area contributed by atoms with Crippen LogP contribution in [0.4, 0.5) is 13.2 Å². The minimum absolute atomic E-state index is 0.169. The topological polar surface area (TPSA) is 90.3 Å². The molecule has 0 heterocycles. The first-order valence-electron chi connectivity index (χ1n) is 5.86. The lowest BCUT2D eigenvalue weighted by atomic mass is 10.2. The quantitative estimate of drug-likeness (QED) is 0.864. The molecule has 0 atom stereocenters. The summed E-state index contributed by atoms with van der Waals surface area (Å²) in [6.45, 7) is -2.28. The van der Waals surface area contributed by atoms with Crippen molar-refractivity contribution in [2.75, 3.05) is 20.1 Å². The molecular formula is C12H12F3N3O3S. The van der Waals surface area contributed by atoms with E-state index in [0.717, 1.165) is 7.05 Å². The molecule has 1 rings (SSSR count). The van der Waals surface area contributed by atoms with Crippen molar-refractivity contribution in [3.63, 3.8) is 0 Å². The van der Waals surface area contributed by atoms with E-state index in [1.54, 1.807) is 5.32 Å². The third-order valence-corrected chi connectivity index (χ3v) is 4.36. The zero-order valence-electron chi connectivity index (χ0n) is 11.4. The van der Waals surface area contributed by atoms with E-state index in [-0.39, 0.29) is 10.5 Å². The number of nitriles is 1. The van der Waals surface area contributed by atoms with Crippen LogP contribution in [0.2, 0.25) is 0 Å². The van der Waals surface area contributed by atoms with Gasteiger partial charge in [-0.2, -0.15) is 22.7 Å². The first-order chi connectivity index (χ1) is 10.1. The van der Waals surface area contributed by atoms with Crippen LogP contribution in [0.15, 0.2) is 29.2 Å². The number of nitrogens with one attached hydrogen (secondary N) is 1. The molecule has 0 aliphatic rings. The molecule has 1 N–H and O–H groups in total. The van der Waals surface area contributed by atoms with E-state index in [1.165, 1.54) is 24.3 Å². The molecule has 0 saturated carbocycles. The maximum Gasteiger partial charge on any atom is 0.405 e. The molecule has 0 aromatic heterocycles. The van der Waals surface area contributed by atoms with Crippen molar-refractivity contribution >= 4 is 15.9 Å². The number of carbonyl (C=O) groups is 1. The first-order valence-corrected chi connectivity index (χ1v) is 7.30. The van der Waals surface area contributed by atoms with E-state index < -0.39 is 35.2 Å². The van der Waals surface area contributed by atoms with Crippen molar-refractivity contribution < 1.29 is 26.4 Å². The lowest BCUT2D eigenvalue weighted by Gasteiger charge is -2.17. The largest absolute Gasteiger partial charge is 0.405 e. The number of benzene rings is 1. The summed E-state index contributed by atoms with van der Waals surface area (Å²) in [7, 11) is -2.96. The number of alkyl halides is 3. The van der Waals surface area contributed by atoms with Crippen LogP contribution in [0.5, 0.6) is 0 Å². The van der Waals surface area contributed by atoms with Crippen LogP contribution in [0.3, 0.4) is 0 Å². The van der Waals surface area contributed by atoms with Gasteiger partial charge in [0.05, 0.1) is 23.1 Å². The van der Waals surface area contributed by atoms with Gasteiger partial charge < -0.3 is 5.32 Å². The Morgan fingerprint density at radius 1 is 1.32 bits per heavy atom. The minimum atomic E-state index is -4.57. The molecule has 0 saturated heterocycles. The molecule has 0 spiro atoms. The van der Waals surface area contributed by atoms with E-state index >= 15 is 0 Å². The molecule has 1 aromatic rings. The summed E-state index contributed by atoms with van der Waals surface area (Å²) < 4.78 is 60.7. The molecule has 1 amide bonds. The number of carbonyl (C=O) groups excluding carboxylic acids is 1. The van der Waals surface area contributed by atoms with E-state index in [4.69, 9.17) is 5.26 Å². The molecule has 0 aliphatic heterocycles. The van der Waals surface area contributed by atoms with Crippen LogP contribution in [0.1, 0.15) is 5.56 Å². The van der Waals surface area contributed by atoms with Crippen molar-refractivity contribution in [1.29, 1.82) is 5.26 Å². The molecular weight excluding hydrogens is 323 g/mol. The summed E-state index contributed by atoms with van der Waals surface area (Å²) in [6.07, 6.45) is -4.57. The van der Waals surface area contributed by atoms with Crippen LogP contribution < -0.4 is 5.32 Å². The molecule has 0 radical (unpaired) electrons. The molecule has 0 aliphatic carbocycles. The second kappa shape index (κ2) is 6.76. The molecule has 10 heteroatoms. The number of rotatable bonds is 5. The van der Waals surface area contributed by atoms with Gasteiger partial charge in [0.25, 0.3) is 0 Å². The number of hydrogen-bond acceptors (Lipinski definition) is 4. The van der Waals surface area contributed by atoms with Crippen molar-refractivity contribution in [3.8, 4) is 6.07 Å². The maximum absolute atomic E-state index is 12.1. The molecule has 0 bridgehead atoms. The lowest BCUT2D eigenvalue weighted by Crippen LogP contribution is -2.41. The van der Waals surface area contributed by atoms with Gasteiger partial charge >= 0.3 is 6.18 Å². The van der Waals surface area contributed by atoms with E-state index in [9.17, 15) is 26.4 Å². The number of amides is 1. The zero-order valence-corrected chi connectivity index (χ0v) is 12.2. The van der Waals surface area contributed by atoms with Gasteiger partial charge in [0.1, 0.15) is 6.54 Å². The maximum atomic E-state index is 12.1. The lowest BCUT2D eigenvalue weighted by molar-refractivity contribution is -0.138. The Balaban J connectivity index is 2.76. The second-order valence-electron chi connectivity index (χ2n) is 4.29. The number of hydrogen-bond donors (Lipinski definition) is 1. The fourth-order valence-electron chi connectivity index (χ4n) is 1.42. The number of halogens is 3. The van der Waals surface area contributed by atoms with Crippen LogP contribution in [-0.4, -0.2) is 44.9 Å². The van der Waals surface area contributed by atoms with Crippen molar-refractivity contribution in [2.45, 2.75) is 11.1 Å². The van der Waals surface area contributed by atoms with Crippen molar-refractivity contribution in [2.24, 2.45) is 0 Å². The predicted octanol–water partition coefficient (Wildman–Crippen LogP) is 0.857. The smallest absolute Gasteiger partial charge is 0.346 e. The number of likely N-dealkylation sites (N-methyl/N-ethyl adjacent to an activating group) is 1. The Labute approximate surface area is 125 Å². The van der Waals surface area contributed by atoms with Crippen LogP contribution in [0, 0.1) is 11.3 Å². The highest BCUT2D eigenvalue weighted by Gasteiger charge is 2.29. The summed E-state index contributed by atoms with van der Waals surface area (Å²) in [5.41, 5.74) is 0.254. The number of sulfonamides is 1. The highest BCUT2D eigenvalue weighted by Crippen LogP contribution is 2.15. The first kappa shape index (κ1) is 17.9. The molecule has 22 heavy (non-hydrogen) atoms. The molecule has 1 aromatic carbocycles. The third-order valence-electron chi connectivity index (χ3n) is 2.54. The standard InChI is InChI=1S/C12H12F3N3O3S/c1-18(7-11(19)17-8-12(13,14)15)22(20,21)10-4-2-9(6-16)3-5-10/h2-5H,7-8H2,1H3,(H,17,19). The van der Waals surface area contributed by atoms with Crippen LogP contribution >= 0.6 is 0 Å². The molecule has 0 unspecified atom stereocenters. The van der Waals surface area contributed by atoms with E-state index in [2.05, 4.69) is 0 Å². The van der Waals surface area contributed by atoms with E-state index in [1.807, 2.05) is 6.07 Å². The van der Waals surface area contributed by atoms with Gasteiger partial charge in [-0.15, -0.1) is 0 Å². The van der Waals surface area contributed by atoms with Crippen LogP contribution in [0.25, 0.3) is 0 Å². The summed E-state index contributed by atoms with van der Waals surface area (Å²) >= 11 is 0. The van der Waals surface area contributed by atoms with Gasteiger partial charge in [0, 0.05) is 7.05 Å². The Kier molecular flexibility index (Phi) is 5.51. The average Bonchev–Trinajstić information content (AvgIpc) is 2.44. The third kappa shape index (κ3) is 5.01. The SMILES string of the molecule is CN(CC(=O)NCC(F)(F)F)S(=O)(=O)c1ccc(C#N)cc1. The van der Waals surface area contributed by atoms with Gasteiger partial charge in [0.2, 0.25) is 15.9 Å². The zero-order chi connectivity index (χ0) is 17.0. The Hall–Kier alpha value is -2.12. The Bertz CT molecular complexity index is 678. The second-order valence-corrected chi connectivity index (χ2v) is 6.33. The van der Waals surface area contributed by atoms with Gasteiger partial charge in [-0.1, -0.05) is 0 Å². The van der Waals surface area contributed by atoms with Crippen LogP contribution in [-0.2, 0) is 14.8 Å². The Morgan fingerprint density at radius 3 is 2.32 bits per heavy atom. The van der Waals surface area contributed by atoms with Gasteiger partial charge in [-0.25, -0.2) is 8.42 Å². The summed E-state index contributed by atoms with van der Waals surface area (Å²) in [4.78, 5) is 11.1. The monoisotopic (exact) mass is 335 g/mol. The fraction of sp³-hybridized carbons (Fsp3) is 0.333. The van der Waals surface area contributed by atoms with Crippen molar-refractivity contribution in [1.82, 2.24) is 9.62 Å². The molecule has 120 valence electrons. The average molecular weight is 335 g/mol.